The molecule has 2 rings (SSSR count). The van der Waals surface area contributed by atoms with Gasteiger partial charge in [0.25, 0.3) is 0 Å². The van der Waals surface area contributed by atoms with Crippen molar-refractivity contribution in [2.75, 3.05) is 24.7 Å². The third kappa shape index (κ3) is 2.86. The Balaban J connectivity index is 2.22. The van der Waals surface area contributed by atoms with Crippen LogP contribution in [0.2, 0.25) is 0 Å². The zero-order chi connectivity index (χ0) is 12.4. The van der Waals surface area contributed by atoms with Gasteiger partial charge in [0.05, 0.1) is 5.69 Å². The molecule has 5 nitrogen and oxygen atoms in total. The molecule has 0 aromatic carbocycles. The summed E-state index contributed by atoms with van der Waals surface area (Å²) in [5.41, 5.74) is 7.48. The molecule has 0 aliphatic carbocycles. The number of hydrogen-bond donors (Lipinski definition) is 1. The van der Waals surface area contributed by atoms with Crippen molar-refractivity contribution >= 4 is 33.9 Å². The molecule has 0 saturated heterocycles. The summed E-state index contributed by atoms with van der Waals surface area (Å²) in [7, 11) is 3.88. The van der Waals surface area contributed by atoms with E-state index in [0.29, 0.717) is 5.69 Å². The minimum Gasteiger partial charge on any atom is -0.397 e. The van der Waals surface area contributed by atoms with Gasteiger partial charge in [-0.15, -0.1) is 10.2 Å². The number of rotatable bonds is 3. The number of pyridine rings is 1. The lowest BCUT2D eigenvalue weighted by atomic mass is 10.3. The number of hydrogen-bond acceptors (Lipinski definition) is 7. The number of aryl methyl sites for hydroxylation is 1. The Labute approximate surface area is 108 Å². The summed E-state index contributed by atoms with van der Waals surface area (Å²) in [6, 6.07) is 3.75. The third-order valence-corrected chi connectivity index (χ3v) is 4.15. The van der Waals surface area contributed by atoms with Gasteiger partial charge >= 0.3 is 0 Å². The lowest BCUT2D eigenvalue weighted by Gasteiger charge is -2.04. The van der Waals surface area contributed by atoms with Crippen LogP contribution in [-0.4, -0.2) is 29.3 Å². The molecular weight excluding hydrogens is 254 g/mol. The van der Waals surface area contributed by atoms with Crippen molar-refractivity contribution in [2.45, 2.75) is 16.3 Å². The number of aromatic nitrogens is 3. The van der Waals surface area contributed by atoms with Gasteiger partial charge in [0.2, 0.25) is 5.13 Å². The summed E-state index contributed by atoms with van der Waals surface area (Å²) in [5, 5.41) is 9.82. The van der Waals surface area contributed by atoms with E-state index in [1.165, 1.54) is 23.1 Å². The monoisotopic (exact) mass is 267 g/mol. The van der Waals surface area contributed by atoms with E-state index < -0.39 is 0 Å². The Hall–Kier alpha value is -1.34. The molecule has 0 saturated carbocycles. The van der Waals surface area contributed by atoms with E-state index in [1.54, 1.807) is 0 Å². The molecule has 2 N–H and O–H groups in total. The molecule has 17 heavy (non-hydrogen) atoms. The normalized spacial score (nSPS) is 10.5. The van der Waals surface area contributed by atoms with Crippen molar-refractivity contribution < 1.29 is 0 Å². The van der Waals surface area contributed by atoms with Crippen LogP contribution in [0.15, 0.2) is 21.5 Å². The van der Waals surface area contributed by atoms with Gasteiger partial charge in [-0.3, -0.25) is 0 Å². The molecule has 2 aromatic heterocycles. The highest BCUT2D eigenvalue weighted by molar-refractivity contribution is 8.01. The Morgan fingerprint density at radius 2 is 2.06 bits per heavy atom. The topological polar surface area (TPSA) is 67.9 Å². The van der Waals surface area contributed by atoms with Crippen molar-refractivity contribution in [1.82, 2.24) is 15.2 Å². The zero-order valence-electron chi connectivity index (χ0n) is 9.84. The van der Waals surface area contributed by atoms with Crippen molar-refractivity contribution in [1.29, 1.82) is 0 Å². The van der Waals surface area contributed by atoms with Crippen LogP contribution >= 0.6 is 23.1 Å². The summed E-state index contributed by atoms with van der Waals surface area (Å²) < 4.78 is 0.846. The summed E-state index contributed by atoms with van der Waals surface area (Å²) in [4.78, 5) is 6.31. The molecule has 0 fully saturated rings. The Kier molecular flexibility index (Phi) is 3.49. The lowest BCUT2D eigenvalue weighted by Crippen LogP contribution is -2.07. The van der Waals surface area contributed by atoms with Gasteiger partial charge in [-0.25, -0.2) is 4.98 Å². The zero-order valence-corrected chi connectivity index (χ0v) is 11.5. The van der Waals surface area contributed by atoms with Crippen molar-refractivity contribution in [3.8, 4) is 0 Å². The van der Waals surface area contributed by atoms with Crippen LogP contribution in [0, 0.1) is 6.92 Å². The first-order valence-corrected chi connectivity index (χ1v) is 6.61. The van der Waals surface area contributed by atoms with E-state index in [2.05, 4.69) is 15.2 Å². The Morgan fingerprint density at radius 3 is 2.71 bits per heavy atom. The van der Waals surface area contributed by atoms with E-state index in [-0.39, 0.29) is 0 Å². The van der Waals surface area contributed by atoms with Crippen LogP contribution in [0.3, 0.4) is 0 Å². The molecule has 0 bridgehead atoms. The maximum Gasteiger partial charge on any atom is 0.208 e. The second-order valence-corrected chi connectivity index (χ2v) is 5.89. The van der Waals surface area contributed by atoms with Gasteiger partial charge in [-0.05, 0) is 30.8 Å². The first-order chi connectivity index (χ1) is 8.06. The highest BCUT2D eigenvalue weighted by Gasteiger charge is 2.10. The SMILES string of the molecule is Cc1ccc(N)c(Sc2nnc(N(C)C)s2)n1. The summed E-state index contributed by atoms with van der Waals surface area (Å²) >= 11 is 2.97. The van der Waals surface area contributed by atoms with Gasteiger partial charge < -0.3 is 10.6 Å². The molecule has 0 aliphatic rings. The van der Waals surface area contributed by atoms with Gasteiger partial charge in [-0.1, -0.05) is 11.3 Å². The minimum absolute atomic E-state index is 0.669. The first kappa shape index (κ1) is 12.1. The smallest absolute Gasteiger partial charge is 0.208 e. The highest BCUT2D eigenvalue weighted by Crippen LogP contribution is 2.34. The van der Waals surface area contributed by atoms with E-state index in [9.17, 15) is 0 Å². The number of nitrogen functional groups attached to an aromatic ring is 1. The van der Waals surface area contributed by atoms with Crippen molar-refractivity contribution in [3.05, 3.63) is 17.8 Å². The first-order valence-electron chi connectivity index (χ1n) is 4.98. The molecule has 0 aliphatic heterocycles. The molecule has 7 heteroatoms. The quantitative estimate of drug-likeness (QED) is 0.918. The molecule has 2 heterocycles. The number of nitrogens with zero attached hydrogens (tertiary/aromatic N) is 4. The number of anilines is 2. The molecule has 0 unspecified atom stereocenters. The average molecular weight is 267 g/mol. The molecule has 0 atom stereocenters. The van der Waals surface area contributed by atoms with Crippen LogP contribution < -0.4 is 10.6 Å². The van der Waals surface area contributed by atoms with Crippen LogP contribution in [-0.2, 0) is 0 Å². The van der Waals surface area contributed by atoms with Gasteiger partial charge in [0, 0.05) is 19.8 Å². The molecule has 2 aromatic rings. The van der Waals surface area contributed by atoms with Crippen LogP contribution in [0.4, 0.5) is 10.8 Å². The summed E-state index contributed by atoms with van der Waals surface area (Å²) in [5.74, 6) is 0. The molecule has 0 amide bonds. The van der Waals surface area contributed by atoms with Crippen molar-refractivity contribution in [3.63, 3.8) is 0 Å². The number of nitrogens with two attached hydrogens (primary N) is 1. The van der Waals surface area contributed by atoms with Gasteiger partial charge in [-0.2, -0.15) is 0 Å². The standard InChI is InChI=1S/C10H13N5S2/c1-6-4-5-7(11)8(12-6)16-10-14-13-9(17-10)15(2)3/h4-5H,11H2,1-3H3. The van der Waals surface area contributed by atoms with Crippen LogP contribution in [0.25, 0.3) is 0 Å². The Bertz CT molecular complexity index is 523. The molecule has 0 radical (unpaired) electrons. The van der Waals surface area contributed by atoms with E-state index in [4.69, 9.17) is 5.73 Å². The van der Waals surface area contributed by atoms with Gasteiger partial charge in [0.1, 0.15) is 5.03 Å². The van der Waals surface area contributed by atoms with E-state index >= 15 is 0 Å². The molecule has 0 spiro atoms. The maximum atomic E-state index is 5.87. The molecule has 90 valence electrons. The summed E-state index contributed by atoms with van der Waals surface area (Å²) in [6.07, 6.45) is 0. The fourth-order valence-corrected chi connectivity index (χ4v) is 2.88. The van der Waals surface area contributed by atoms with Gasteiger partial charge in [0.15, 0.2) is 4.34 Å². The lowest BCUT2D eigenvalue weighted by molar-refractivity contribution is 0.969. The van der Waals surface area contributed by atoms with Crippen LogP contribution in [0.1, 0.15) is 5.69 Å². The highest BCUT2D eigenvalue weighted by atomic mass is 32.2. The summed E-state index contributed by atoms with van der Waals surface area (Å²) in [6.45, 7) is 1.94. The average Bonchev–Trinajstić information content (AvgIpc) is 2.72. The second kappa shape index (κ2) is 4.89. The minimum atomic E-state index is 0.669. The fraction of sp³-hybridized carbons (Fsp3) is 0.300. The van der Waals surface area contributed by atoms with Crippen LogP contribution in [0.5, 0.6) is 0 Å². The van der Waals surface area contributed by atoms with E-state index in [0.717, 1.165) is 20.2 Å². The van der Waals surface area contributed by atoms with Crippen molar-refractivity contribution in [2.24, 2.45) is 0 Å². The largest absolute Gasteiger partial charge is 0.397 e. The molecular formula is C10H13N5S2. The Morgan fingerprint density at radius 1 is 1.29 bits per heavy atom. The van der Waals surface area contributed by atoms with E-state index in [1.807, 2.05) is 38.1 Å². The fourth-order valence-electron chi connectivity index (χ4n) is 1.13. The second-order valence-electron chi connectivity index (χ2n) is 3.69. The third-order valence-electron chi connectivity index (χ3n) is 1.99. The predicted molar refractivity (Wildman–Crippen MR) is 71.7 cm³/mol. The maximum absolute atomic E-state index is 5.87. The predicted octanol–water partition coefficient (Wildman–Crippen LogP) is 2.04.